The molecular formula is C27H34O2S2. The number of hydrogen-bond donors (Lipinski definition) is 1. The third-order valence-electron chi connectivity index (χ3n) is 5.15. The molecule has 0 bridgehead atoms. The standard InChI is InChI=1S/C24H26O2S2.C3H8/c1-23(2)14-12-19(13-15-23)24(27-16-3-17-28-24)18-4-8-21(9-5-18)26-22-10-6-20(25)7-11-22;1-3-2/h4-14,25H,3,15-17H2,1-2H3;3H2,1-2H3. The lowest BCUT2D eigenvalue weighted by Crippen LogP contribution is -2.26. The van der Waals surface area contributed by atoms with Crippen LogP contribution in [-0.4, -0.2) is 16.6 Å². The van der Waals surface area contributed by atoms with Gasteiger partial charge in [-0.15, -0.1) is 23.5 Å². The molecular weight excluding hydrogens is 420 g/mol. The van der Waals surface area contributed by atoms with E-state index in [1.165, 1.54) is 35.5 Å². The van der Waals surface area contributed by atoms with E-state index in [2.05, 4.69) is 93.7 Å². The quantitative estimate of drug-likeness (QED) is 0.501. The first-order valence-electron chi connectivity index (χ1n) is 11.1. The van der Waals surface area contributed by atoms with Crippen LogP contribution in [0.1, 0.15) is 52.5 Å². The number of hydrogen-bond acceptors (Lipinski definition) is 4. The highest BCUT2D eigenvalue weighted by Crippen LogP contribution is 2.56. The summed E-state index contributed by atoms with van der Waals surface area (Å²) in [5.41, 5.74) is 3.00. The van der Waals surface area contributed by atoms with Crippen LogP contribution in [0.4, 0.5) is 0 Å². The SMILES string of the molecule is CC1(C)C=CC(C2(c3ccc(Oc4ccc(O)cc4)cc3)SCCCS2)=CC1.CCC. The van der Waals surface area contributed by atoms with Gasteiger partial charge in [0.1, 0.15) is 21.3 Å². The lowest BCUT2D eigenvalue weighted by molar-refractivity contribution is 0.464. The Balaban J connectivity index is 0.000000858. The topological polar surface area (TPSA) is 29.5 Å². The minimum Gasteiger partial charge on any atom is -0.508 e. The van der Waals surface area contributed by atoms with Gasteiger partial charge >= 0.3 is 0 Å². The molecule has 0 spiro atoms. The third-order valence-corrected chi connectivity index (χ3v) is 8.60. The average molecular weight is 455 g/mol. The molecule has 2 aromatic carbocycles. The fourth-order valence-corrected chi connectivity index (χ4v) is 6.90. The summed E-state index contributed by atoms with van der Waals surface area (Å²) in [6.07, 6.45) is 10.7. The molecule has 0 radical (unpaired) electrons. The Morgan fingerprint density at radius 3 is 1.97 bits per heavy atom. The summed E-state index contributed by atoms with van der Waals surface area (Å²) in [5.74, 6) is 4.15. The Hall–Kier alpha value is -1.78. The average Bonchev–Trinajstić information content (AvgIpc) is 2.77. The molecule has 166 valence electrons. The van der Waals surface area contributed by atoms with Crippen molar-refractivity contribution in [1.29, 1.82) is 0 Å². The monoisotopic (exact) mass is 454 g/mol. The van der Waals surface area contributed by atoms with Crippen molar-refractivity contribution >= 4 is 23.5 Å². The van der Waals surface area contributed by atoms with Crippen LogP contribution < -0.4 is 4.74 Å². The Bertz CT molecular complexity index is 890. The van der Waals surface area contributed by atoms with Crippen LogP contribution in [0.15, 0.2) is 72.3 Å². The Morgan fingerprint density at radius 2 is 1.45 bits per heavy atom. The molecule has 1 aliphatic heterocycles. The summed E-state index contributed by atoms with van der Waals surface area (Å²) >= 11 is 4.11. The molecule has 1 heterocycles. The van der Waals surface area contributed by atoms with E-state index < -0.39 is 0 Å². The first-order chi connectivity index (χ1) is 14.9. The molecule has 0 atom stereocenters. The van der Waals surface area contributed by atoms with Crippen LogP contribution in [0.5, 0.6) is 17.2 Å². The zero-order chi connectivity index (χ0) is 22.3. The summed E-state index contributed by atoms with van der Waals surface area (Å²) in [6.45, 7) is 8.83. The maximum atomic E-state index is 9.42. The van der Waals surface area contributed by atoms with Gasteiger partial charge in [0.25, 0.3) is 0 Å². The molecule has 1 N–H and O–H groups in total. The molecule has 2 nitrogen and oxygen atoms in total. The van der Waals surface area contributed by atoms with Gasteiger partial charge in [0, 0.05) is 0 Å². The number of benzene rings is 2. The van der Waals surface area contributed by atoms with E-state index in [0.717, 1.165) is 17.9 Å². The van der Waals surface area contributed by atoms with E-state index in [1.54, 1.807) is 24.3 Å². The largest absolute Gasteiger partial charge is 0.508 e. The van der Waals surface area contributed by atoms with Gasteiger partial charge in [-0.3, -0.25) is 0 Å². The fraction of sp³-hybridized carbons (Fsp3) is 0.407. The van der Waals surface area contributed by atoms with Crippen LogP contribution in [0.3, 0.4) is 0 Å². The molecule has 4 heteroatoms. The number of allylic oxidation sites excluding steroid dienone is 3. The maximum Gasteiger partial charge on any atom is 0.127 e. The molecule has 1 aliphatic carbocycles. The smallest absolute Gasteiger partial charge is 0.127 e. The van der Waals surface area contributed by atoms with E-state index in [0.29, 0.717) is 0 Å². The minimum atomic E-state index is -0.0255. The van der Waals surface area contributed by atoms with Crippen molar-refractivity contribution in [3.05, 3.63) is 77.9 Å². The Labute approximate surface area is 196 Å². The van der Waals surface area contributed by atoms with Gasteiger partial charge in [-0.25, -0.2) is 0 Å². The molecule has 2 aliphatic rings. The zero-order valence-corrected chi connectivity index (χ0v) is 20.7. The number of thioether (sulfide) groups is 2. The zero-order valence-electron chi connectivity index (χ0n) is 19.1. The van der Waals surface area contributed by atoms with Crippen LogP contribution >= 0.6 is 23.5 Å². The predicted octanol–water partition coefficient (Wildman–Crippen LogP) is 8.54. The second-order valence-corrected chi connectivity index (χ2v) is 11.6. The molecule has 0 aromatic heterocycles. The highest BCUT2D eigenvalue weighted by atomic mass is 32.2. The van der Waals surface area contributed by atoms with Gasteiger partial charge in [0.2, 0.25) is 0 Å². The fourth-order valence-electron chi connectivity index (χ4n) is 3.49. The number of phenolic OH excluding ortho intramolecular Hbond substituents is 1. The van der Waals surface area contributed by atoms with E-state index in [9.17, 15) is 5.11 Å². The predicted molar refractivity (Wildman–Crippen MR) is 137 cm³/mol. The Morgan fingerprint density at radius 1 is 0.903 bits per heavy atom. The van der Waals surface area contributed by atoms with Crippen molar-refractivity contribution in [2.24, 2.45) is 5.41 Å². The first kappa shape index (κ1) is 23.9. The second-order valence-electron chi connectivity index (χ2n) is 8.68. The highest BCUT2D eigenvalue weighted by molar-refractivity contribution is 8.18. The molecule has 1 saturated heterocycles. The lowest BCUT2D eigenvalue weighted by Gasteiger charge is -2.40. The van der Waals surface area contributed by atoms with E-state index in [4.69, 9.17) is 4.74 Å². The summed E-state index contributed by atoms with van der Waals surface area (Å²) in [4.78, 5) is 0. The number of rotatable bonds is 4. The van der Waals surface area contributed by atoms with Crippen molar-refractivity contribution in [3.8, 4) is 17.2 Å². The van der Waals surface area contributed by atoms with Crippen LogP contribution in [0.25, 0.3) is 0 Å². The van der Waals surface area contributed by atoms with E-state index in [1.807, 2.05) is 0 Å². The Kier molecular flexibility index (Phi) is 8.23. The van der Waals surface area contributed by atoms with Gasteiger partial charge in [-0.2, -0.15) is 0 Å². The molecule has 2 aromatic rings. The van der Waals surface area contributed by atoms with Gasteiger partial charge in [0.15, 0.2) is 0 Å². The third kappa shape index (κ3) is 6.14. The van der Waals surface area contributed by atoms with Crippen LogP contribution in [0, 0.1) is 5.41 Å². The van der Waals surface area contributed by atoms with E-state index >= 15 is 0 Å². The van der Waals surface area contributed by atoms with Crippen molar-refractivity contribution < 1.29 is 9.84 Å². The highest BCUT2D eigenvalue weighted by Gasteiger charge is 2.39. The summed E-state index contributed by atoms with van der Waals surface area (Å²) in [7, 11) is 0. The molecule has 0 amide bonds. The molecule has 4 rings (SSSR count). The molecule has 0 unspecified atom stereocenters. The summed E-state index contributed by atoms with van der Waals surface area (Å²) in [5, 5.41) is 9.42. The minimum absolute atomic E-state index is 0.0255. The van der Waals surface area contributed by atoms with Gasteiger partial charge < -0.3 is 9.84 Å². The lowest BCUT2D eigenvalue weighted by atomic mass is 9.82. The van der Waals surface area contributed by atoms with Crippen LogP contribution in [0.2, 0.25) is 0 Å². The molecule has 0 saturated carbocycles. The summed E-state index contributed by atoms with van der Waals surface area (Å²) in [6, 6.07) is 15.3. The van der Waals surface area contributed by atoms with Crippen molar-refractivity contribution in [2.75, 3.05) is 11.5 Å². The van der Waals surface area contributed by atoms with E-state index in [-0.39, 0.29) is 15.2 Å². The number of aromatic hydroxyl groups is 1. The van der Waals surface area contributed by atoms with Gasteiger partial charge in [-0.1, -0.05) is 64.5 Å². The van der Waals surface area contributed by atoms with Crippen LogP contribution in [-0.2, 0) is 4.08 Å². The van der Waals surface area contributed by atoms with Gasteiger partial charge in [0.05, 0.1) is 0 Å². The molecule has 1 fully saturated rings. The van der Waals surface area contributed by atoms with Crippen molar-refractivity contribution in [2.45, 2.75) is 51.0 Å². The maximum absolute atomic E-state index is 9.42. The summed E-state index contributed by atoms with van der Waals surface area (Å²) < 4.78 is 5.90. The second kappa shape index (κ2) is 10.7. The van der Waals surface area contributed by atoms with Crippen molar-refractivity contribution in [1.82, 2.24) is 0 Å². The number of phenols is 1. The van der Waals surface area contributed by atoms with Gasteiger partial charge in [-0.05, 0) is 77.3 Å². The first-order valence-corrected chi connectivity index (χ1v) is 13.1. The molecule has 31 heavy (non-hydrogen) atoms. The van der Waals surface area contributed by atoms with Crippen molar-refractivity contribution in [3.63, 3.8) is 0 Å². The normalized spacial score (nSPS) is 19.0. The number of ether oxygens (including phenoxy) is 1.